The number of aromatic nitrogens is 3. The third-order valence-corrected chi connectivity index (χ3v) is 5.16. The molecule has 0 spiro atoms. The Morgan fingerprint density at radius 2 is 2.10 bits per heavy atom. The Morgan fingerprint density at radius 1 is 1.32 bits per heavy atom. The van der Waals surface area contributed by atoms with E-state index in [1.54, 1.807) is 6.20 Å². The molecular weight excluding hydrogens is 420 g/mol. The monoisotopic (exact) mass is 440 g/mol. The van der Waals surface area contributed by atoms with E-state index < -0.39 is 30.3 Å². The van der Waals surface area contributed by atoms with Gasteiger partial charge in [-0.05, 0) is 12.1 Å². The number of H-pyrrole nitrogens is 1. The lowest BCUT2D eigenvalue weighted by atomic mass is 9.88. The van der Waals surface area contributed by atoms with Crippen LogP contribution in [-0.4, -0.2) is 65.0 Å². The number of hydrogen-bond donors (Lipinski definition) is 3. The van der Waals surface area contributed by atoms with Crippen molar-refractivity contribution in [2.75, 3.05) is 31.6 Å². The number of carbonyl (C=O) groups is 1. The summed E-state index contributed by atoms with van der Waals surface area (Å²) >= 11 is 0. The fraction of sp³-hybridized carbons (Fsp3) is 0.474. The van der Waals surface area contributed by atoms with E-state index in [1.165, 1.54) is 18.3 Å². The number of halogens is 4. The van der Waals surface area contributed by atoms with E-state index in [-0.39, 0.29) is 44.2 Å². The molecule has 4 rings (SSSR count). The highest BCUT2D eigenvalue weighted by molar-refractivity contribution is 5.89. The SMILES string of the molecule is O=C(NCC(F)(F)F)C1(Nc2ccnc(-c3c[nH]c4c3=CC(F)CN=4)n2)CCOCC1. The van der Waals surface area contributed by atoms with Gasteiger partial charge in [0.2, 0.25) is 5.91 Å². The van der Waals surface area contributed by atoms with Gasteiger partial charge in [-0.25, -0.2) is 14.4 Å². The van der Waals surface area contributed by atoms with E-state index in [2.05, 4.69) is 25.3 Å². The van der Waals surface area contributed by atoms with Crippen LogP contribution in [0.4, 0.5) is 23.4 Å². The van der Waals surface area contributed by atoms with Gasteiger partial charge < -0.3 is 20.4 Å². The molecule has 12 heteroatoms. The molecule has 2 aromatic rings. The molecule has 1 unspecified atom stereocenters. The molecule has 8 nitrogen and oxygen atoms in total. The van der Waals surface area contributed by atoms with Crippen LogP contribution in [0.15, 0.2) is 23.5 Å². The van der Waals surface area contributed by atoms with E-state index in [0.29, 0.717) is 16.3 Å². The minimum atomic E-state index is -4.52. The summed E-state index contributed by atoms with van der Waals surface area (Å²) in [5, 5.41) is 5.49. The van der Waals surface area contributed by atoms with E-state index in [4.69, 9.17) is 4.74 Å². The second-order valence-electron chi connectivity index (χ2n) is 7.37. The summed E-state index contributed by atoms with van der Waals surface area (Å²) in [6.45, 7) is -0.967. The van der Waals surface area contributed by atoms with Gasteiger partial charge in [0.25, 0.3) is 0 Å². The Bertz CT molecular complexity index is 1080. The summed E-state index contributed by atoms with van der Waals surface area (Å²) in [6, 6.07) is 1.52. The molecule has 0 bridgehead atoms. The summed E-state index contributed by atoms with van der Waals surface area (Å²) < 4.78 is 56.8. The molecule has 2 aliphatic rings. The smallest absolute Gasteiger partial charge is 0.381 e. The van der Waals surface area contributed by atoms with Crippen LogP contribution in [-0.2, 0) is 9.53 Å². The van der Waals surface area contributed by atoms with Gasteiger partial charge in [0.05, 0.1) is 6.54 Å². The molecule has 0 saturated carbocycles. The van der Waals surface area contributed by atoms with Crippen LogP contribution in [0.5, 0.6) is 0 Å². The zero-order valence-electron chi connectivity index (χ0n) is 16.3. The van der Waals surface area contributed by atoms with Crippen molar-refractivity contribution >= 4 is 17.8 Å². The molecule has 0 aromatic carbocycles. The van der Waals surface area contributed by atoms with Crippen molar-refractivity contribution in [3.8, 4) is 11.4 Å². The van der Waals surface area contributed by atoms with Crippen molar-refractivity contribution in [1.82, 2.24) is 20.3 Å². The molecule has 166 valence electrons. The van der Waals surface area contributed by atoms with Crippen molar-refractivity contribution in [2.24, 2.45) is 4.99 Å². The molecule has 1 saturated heterocycles. The fourth-order valence-corrected chi connectivity index (χ4v) is 3.60. The second kappa shape index (κ2) is 8.25. The lowest BCUT2D eigenvalue weighted by molar-refractivity contribution is -0.142. The maximum absolute atomic E-state index is 13.8. The number of rotatable bonds is 5. The summed E-state index contributed by atoms with van der Waals surface area (Å²) in [7, 11) is 0. The normalized spacial score (nSPS) is 20.2. The van der Waals surface area contributed by atoms with Crippen LogP contribution in [0.25, 0.3) is 17.5 Å². The third-order valence-electron chi connectivity index (χ3n) is 5.16. The summed E-state index contributed by atoms with van der Waals surface area (Å²) in [5.41, 5.74) is -0.247. The van der Waals surface area contributed by atoms with E-state index in [1.807, 2.05) is 5.32 Å². The van der Waals surface area contributed by atoms with Gasteiger partial charge in [-0.2, -0.15) is 13.2 Å². The molecule has 1 atom stereocenters. The Kier molecular flexibility index (Phi) is 5.65. The predicted molar refractivity (Wildman–Crippen MR) is 102 cm³/mol. The Labute approximate surface area is 173 Å². The lowest BCUT2D eigenvalue weighted by Crippen LogP contribution is -2.57. The standard InChI is InChI=1S/C19H20F4N6O2/c20-11-7-12-13(9-26-15(12)25-8-11)16-24-4-1-14(28-16)29-18(2-5-31-6-3-18)17(30)27-10-19(21,22)23/h1,4,7,9,11H,2-3,5-6,8,10H2,(H,25,26)(H,27,30)(H,24,28,29). The second-order valence-corrected chi connectivity index (χ2v) is 7.37. The average Bonchev–Trinajstić information content (AvgIpc) is 3.15. The van der Waals surface area contributed by atoms with Crippen molar-refractivity contribution in [2.45, 2.75) is 30.7 Å². The third kappa shape index (κ3) is 4.68. The van der Waals surface area contributed by atoms with Crippen molar-refractivity contribution in [1.29, 1.82) is 0 Å². The number of alkyl halides is 4. The fourth-order valence-electron chi connectivity index (χ4n) is 3.60. The van der Waals surface area contributed by atoms with Gasteiger partial charge in [-0.1, -0.05) is 0 Å². The highest BCUT2D eigenvalue weighted by Gasteiger charge is 2.42. The van der Waals surface area contributed by atoms with Crippen LogP contribution in [0.2, 0.25) is 0 Å². The van der Waals surface area contributed by atoms with Crippen LogP contribution in [0, 0.1) is 0 Å². The minimum Gasteiger partial charge on any atom is -0.381 e. The van der Waals surface area contributed by atoms with E-state index in [0.717, 1.165) is 0 Å². The zero-order valence-corrected chi connectivity index (χ0v) is 16.3. The van der Waals surface area contributed by atoms with Gasteiger partial charge >= 0.3 is 6.18 Å². The van der Waals surface area contributed by atoms with Gasteiger partial charge in [0.1, 0.15) is 29.6 Å². The van der Waals surface area contributed by atoms with Crippen molar-refractivity contribution in [3.05, 3.63) is 29.2 Å². The maximum Gasteiger partial charge on any atom is 0.405 e. The first-order valence-electron chi connectivity index (χ1n) is 9.68. The molecular formula is C19H20F4N6O2. The first kappa shape index (κ1) is 21.2. The number of nitrogens with zero attached hydrogens (tertiary/aromatic N) is 3. The minimum absolute atomic E-state index is 0.0348. The largest absolute Gasteiger partial charge is 0.405 e. The van der Waals surface area contributed by atoms with E-state index >= 15 is 0 Å². The van der Waals surface area contributed by atoms with Gasteiger partial charge in [0.15, 0.2) is 5.82 Å². The number of aromatic amines is 1. The Hall–Kier alpha value is -3.02. The zero-order chi connectivity index (χ0) is 22.1. The van der Waals surface area contributed by atoms with Crippen molar-refractivity contribution in [3.63, 3.8) is 0 Å². The molecule has 1 amide bonds. The van der Waals surface area contributed by atoms with Crippen LogP contribution >= 0.6 is 0 Å². The molecule has 31 heavy (non-hydrogen) atoms. The Balaban J connectivity index is 1.62. The van der Waals surface area contributed by atoms with E-state index in [9.17, 15) is 22.4 Å². The molecule has 1 fully saturated rings. The highest BCUT2D eigenvalue weighted by atomic mass is 19.4. The topological polar surface area (TPSA) is 104 Å². The number of carbonyl (C=O) groups excluding carboxylic acids is 1. The van der Waals surface area contributed by atoms with Crippen LogP contribution < -0.4 is 21.3 Å². The number of amides is 1. The number of fused-ring (bicyclic) bond motifs is 1. The number of anilines is 1. The molecule has 0 radical (unpaired) electrons. The maximum atomic E-state index is 13.8. The van der Waals surface area contributed by atoms with Crippen molar-refractivity contribution < 1.29 is 27.1 Å². The predicted octanol–water partition coefficient (Wildman–Crippen LogP) is 0.863. The molecule has 3 N–H and O–H groups in total. The quantitative estimate of drug-likeness (QED) is 0.599. The van der Waals surface area contributed by atoms with Gasteiger partial charge in [0, 0.05) is 49.2 Å². The first-order valence-corrected chi connectivity index (χ1v) is 9.68. The van der Waals surface area contributed by atoms with Crippen LogP contribution in [0.3, 0.4) is 0 Å². The number of nitrogens with one attached hydrogen (secondary N) is 3. The summed E-state index contributed by atoms with van der Waals surface area (Å²) in [6.07, 6.45) is -0.890. The van der Waals surface area contributed by atoms with Gasteiger partial charge in [-0.3, -0.25) is 9.79 Å². The first-order chi connectivity index (χ1) is 14.8. The summed E-state index contributed by atoms with van der Waals surface area (Å²) in [5.74, 6) is -0.255. The Morgan fingerprint density at radius 3 is 2.84 bits per heavy atom. The molecule has 0 aliphatic carbocycles. The highest BCUT2D eigenvalue weighted by Crippen LogP contribution is 2.27. The lowest BCUT2D eigenvalue weighted by Gasteiger charge is -2.37. The molecule has 4 heterocycles. The summed E-state index contributed by atoms with van der Waals surface area (Å²) in [4.78, 5) is 28.4. The number of ether oxygens (including phenoxy) is 1. The number of hydrogen-bond acceptors (Lipinski definition) is 6. The average molecular weight is 440 g/mol. The molecule has 2 aromatic heterocycles. The molecule has 2 aliphatic heterocycles. The van der Waals surface area contributed by atoms with Crippen LogP contribution in [0.1, 0.15) is 12.8 Å². The van der Waals surface area contributed by atoms with Gasteiger partial charge in [-0.15, -0.1) is 0 Å².